The molecule has 18 heavy (non-hydrogen) atoms. The Morgan fingerprint density at radius 3 is 3.22 bits per heavy atom. The summed E-state index contributed by atoms with van der Waals surface area (Å²) in [7, 11) is 0. The quantitative estimate of drug-likeness (QED) is 0.759. The molecule has 2 atom stereocenters. The van der Waals surface area contributed by atoms with Gasteiger partial charge in [-0.2, -0.15) is 5.10 Å². The van der Waals surface area contributed by atoms with E-state index in [1.165, 1.54) is 6.42 Å². The number of piperidine rings is 1. The van der Waals surface area contributed by atoms with Crippen molar-refractivity contribution >= 4 is 5.91 Å². The van der Waals surface area contributed by atoms with Gasteiger partial charge in [-0.3, -0.25) is 9.48 Å². The van der Waals surface area contributed by atoms with Crippen LogP contribution in [0.1, 0.15) is 26.2 Å². The van der Waals surface area contributed by atoms with Crippen LogP contribution in [0.25, 0.3) is 0 Å². The van der Waals surface area contributed by atoms with Gasteiger partial charge in [-0.15, -0.1) is 0 Å². The highest BCUT2D eigenvalue weighted by molar-refractivity contribution is 5.81. The average Bonchev–Trinajstić information content (AvgIpc) is 2.87. The number of carbonyl (C=O) groups excluding carboxylic acids is 1. The van der Waals surface area contributed by atoms with E-state index < -0.39 is 0 Å². The summed E-state index contributed by atoms with van der Waals surface area (Å²) in [4.78, 5) is 11.9. The zero-order valence-electron chi connectivity index (χ0n) is 10.9. The zero-order chi connectivity index (χ0) is 12.8. The normalized spacial score (nSPS) is 23.8. The van der Waals surface area contributed by atoms with E-state index in [0.717, 1.165) is 25.9 Å². The van der Waals surface area contributed by atoms with Gasteiger partial charge in [0.2, 0.25) is 5.91 Å². The van der Waals surface area contributed by atoms with Crippen LogP contribution < -0.4 is 10.6 Å². The minimum atomic E-state index is -0.00143. The molecule has 1 aliphatic heterocycles. The molecular formula is C13H22N4O. The van der Waals surface area contributed by atoms with E-state index in [4.69, 9.17) is 0 Å². The maximum Gasteiger partial charge on any atom is 0.237 e. The van der Waals surface area contributed by atoms with Crippen LogP contribution >= 0.6 is 0 Å². The molecule has 0 aromatic carbocycles. The monoisotopic (exact) mass is 250 g/mol. The van der Waals surface area contributed by atoms with Crippen LogP contribution in [0.15, 0.2) is 18.5 Å². The van der Waals surface area contributed by atoms with Crippen LogP contribution in [0, 0.1) is 5.92 Å². The lowest BCUT2D eigenvalue weighted by atomic mass is 9.94. The predicted octanol–water partition coefficient (Wildman–Crippen LogP) is 0.777. The van der Waals surface area contributed by atoms with Crippen molar-refractivity contribution in [1.29, 1.82) is 0 Å². The van der Waals surface area contributed by atoms with Gasteiger partial charge in [-0.1, -0.05) is 6.92 Å². The molecular weight excluding hydrogens is 228 g/mol. The number of hydrogen-bond acceptors (Lipinski definition) is 3. The van der Waals surface area contributed by atoms with Crippen molar-refractivity contribution in [1.82, 2.24) is 20.4 Å². The molecule has 2 rings (SSSR count). The fourth-order valence-corrected chi connectivity index (χ4v) is 2.32. The van der Waals surface area contributed by atoms with Gasteiger partial charge in [-0.25, -0.2) is 0 Å². The molecule has 2 unspecified atom stereocenters. The van der Waals surface area contributed by atoms with Gasteiger partial charge in [0, 0.05) is 25.5 Å². The molecule has 0 bridgehead atoms. The van der Waals surface area contributed by atoms with Crippen LogP contribution in [0.5, 0.6) is 0 Å². The van der Waals surface area contributed by atoms with Gasteiger partial charge in [-0.05, 0) is 37.8 Å². The van der Waals surface area contributed by atoms with Gasteiger partial charge < -0.3 is 10.6 Å². The zero-order valence-corrected chi connectivity index (χ0v) is 10.9. The summed E-state index contributed by atoms with van der Waals surface area (Å²) in [5, 5.41) is 10.4. The van der Waals surface area contributed by atoms with Crippen molar-refractivity contribution in [2.75, 3.05) is 13.1 Å². The van der Waals surface area contributed by atoms with Gasteiger partial charge in [0.15, 0.2) is 0 Å². The highest BCUT2D eigenvalue weighted by Crippen LogP contribution is 2.14. The Labute approximate surface area is 108 Å². The van der Waals surface area contributed by atoms with E-state index in [2.05, 4.69) is 22.7 Å². The standard InChI is InChI=1S/C13H22N4O/c1-11-4-7-14-12(10-11)13(18)15-5-2-8-17-9-3-6-16-17/h3,6,9,11-12,14H,2,4-5,7-8,10H2,1H3,(H,15,18). The van der Waals surface area contributed by atoms with E-state index in [9.17, 15) is 4.79 Å². The second-order valence-corrected chi connectivity index (χ2v) is 5.05. The van der Waals surface area contributed by atoms with Gasteiger partial charge >= 0.3 is 0 Å². The molecule has 2 N–H and O–H groups in total. The number of nitrogens with zero attached hydrogens (tertiary/aromatic N) is 2. The summed E-state index contributed by atoms with van der Waals surface area (Å²) < 4.78 is 1.88. The van der Waals surface area contributed by atoms with Crippen molar-refractivity contribution in [3.05, 3.63) is 18.5 Å². The molecule has 0 aliphatic carbocycles. The maximum absolute atomic E-state index is 11.9. The lowest BCUT2D eigenvalue weighted by molar-refractivity contribution is -0.124. The highest BCUT2D eigenvalue weighted by atomic mass is 16.2. The number of hydrogen-bond donors (Lipinski definition) is 2. The number of nitrogens with one attached hydrogen (secondary N) is 2. The molecule has 0 radical (unpaired) electrons. The number of aryl methyl sites for hydroxylation is 1. The fourth-order valence-electron chi connectivity index (χ4n) is 2.32. The van der Waals surface area contributed by atoms with E-state index in [-0.39, 0.29) is 11.9 Å². The Balaban J connectivity index is 1.62. The number of amides is 1. The van der Waals surface area contributed by atoms with Crippen LogP contribution in [-0.4, -0.2) is 34.8 Å². The molecule has 1 fully saturated rings. The van der Waals surface area contributed by atoms with E-state index in [1.807, 2.05) is 16.9 Å². The molecule has 5 heteroatoms. The van der Waals surface area contributed by atoms with Gasteiger partial charge in [0.05, 0.1) is 6.04 Å². The smallest absolute Gasteiger partial charge is 0.237 e. The van der Waals surface area contributed by atoms with Gasteiger partial charge in [0.25, 0.3) is 0 Å². The first-order chi connectivity index (χ1) is 8.75. The van der Waals surface area contributed by atoms with Crippen LogP contribution in [-0.2, 0) is 11.3 Å². The molecule has 5 nitrogen and oxygen atoms in total. The number of carbonyl (C=O) groups is 1. The summed E-state index contributed by atoms with van der Waals surface area (Å²) >= 11 is 0. The highest BCUT2D eigenvalue weighted by Gasteiger charge is 2.23. The van der Waals surface area contributed by atoms with Crippen molar-refractivity contribution in [2.45, 2.75) is 38.8 Å². The number of aromatic nitrogens is 2. The van der Waals surface area contributed by atoms with Crippen molar-refractivity contribution in [3.63, 3.8) is 0 Å². The first-order valence-corrected chi connectivity index (χ1v) is 6.74. The van der Waals surface area contributed by atoms with Crippen molar-refractivity contribution in [3.8, 4) is 0 Å². The largest absolute Gasteiger partial charge is 0.355 e. The third-order valence-corrected chi connectivity index (χ3v) is 3.40. The van der Waals surface area contributed by atoms with E-state index >= 15 is 0 Å². The van der Waals surface area contributed by atoms with Crippen molar-refractivity contribution in [2.24, 2.45) is 5.92 Å². The molecule has 1 aromatic rings. The Bertz CT molecular complexity index is 363. The molecule has 100 valence electrons. The second kappa shape index (κ2) is 6.54. The summed E-state index contributed by atoms with van der Waals surface area (Å²) in [5.74, 6) is 0.785. The third kappa shape index (κ3) is 3.84. The minimum absolute atomic E-state index is 0.00143. The van der Waals surface area contributed by atoms with E-state index in [1.54, 1.807) is 6.20 Å². The molecule has 1 aliphatic rings. The summed E-state index contributed by atoms with van der Waals surface area (Å²) in [5.41, 5.74) is 0. The van der Waals surface area contributed by atoms with Gasteiger partial charge in [0.1, 0.15) is 0 Å². The summed E-state index contributed by atoms with van der Waals surface area (Å²) in [6.07, 6.45) is 6.74. The first-order valence-electron chi connectivity index (χ1n) is 6.74. The lowest BCUT2D eigenvalue weighted by Crippen LogP contribution is -2.48. The predicted molar refractivity (Wildman–Crippen MR) is 70.0 cm³/mol. The average molecular weight is 250 g/mol. The molecule has 1 aromatic heterocycles. The van der Waals surface area contributed by atoms with Crippen LogP contribution in [0.4, 0.5) is 0 Å². The SMILES string of the molecule is CC1CCNC(C(=O)NCCCn2cccn2)C1. The Hall–Kier alpha value is -1.36. The minimum Gasteiger partial charge on any atom is -0.355 e. The molecule has 1 saturated heterocycles. The Morgan fingerprint density at radius 2 is 2.50 bits per heavy atom. The van der Waals surface area contributed by atoms with E-state index in [0.29, 0.717) is 12.5 Å². The lowest BCUT2D eigenvalue weighted by Gasteiger charge is -2.27. The third-order valence-electron chi connectivity index (χ3n) is 3.40. The molecule has 1 amide bonds. The van der Waals surface area contributed by atoms with Crippen LogP contribution in [0.3, 0.4) is 0 Å². The second-order valence-electron chi connectivity index (χ2n) is 5.05. The first kappa shape index (κ1) is 13.1. The topological polar surface area (TPSA) is 59.0 Å². The Kier molecular flexibility index (Phi) is 4.75. The summed E-state index contributed by atoms with van der Waals surface area (Å²) in [6.45, 7) is 4.72. The molecule has 0 spiro atoms. The summed E-state index contributed by atoms with van der Waals surface area (Å²) in [6, 6.07) is 1.91. The maximum atomic E-state index is 11.9. The Morgan fingerprint density at radius 1 is 1.61 bits per heavy atom. The molecule has 2 heterocycles. The number of rotatable bonds is 5. The van der Waals surface area contributed by atoms with Crippen molar-refractivity contribution < 1.29 is 4.79 Å². The molecule has 0 saturated carbocycles. The van der Waals surface area contributed by atoms with Crippen LogP contribution in [0.2, 0.25) is 0 Å². The fraction of sp³-hybridized carbons (Fsp3) is 0.692.